The Morgan fingerprint density at radius 3 is 2.44 bits per heavy atom. The summed E-state index contributed by atoms with van der Waals surface area (Å²) in [5, 5.41) is 10.3. The molecule has 0 radical (unpaired) electrons. The van der Waals surface area contributed by atoms with Crippen LogP contribution in [0.3, 0.4) is 0 Å². The Balaban J connectivity index is 1.38. The van der Waals surface area contributed by atoms with Crippen LogP contribution in [0, 0.1) is 5.82 Å². The number of benzene rings is 2. The van der Waals surface area contributed by atoms with Gasteiger partial charge >= 0.3 is 0 Å². The van der Waals surface area contributed by atoms with Gasteiger partial charge in [0, 0.05) is 44.0 Å². The van der Waals surface area contributed by atoms with Crippen LogP contribution in [0.1, 0.15) is 5.56 Å². The van der Waals surface area contributed by atoms with Crippen molar-refractivity contribution >= 4 is 5.69 Å². The van der Waals surface area contributed by atoms with Crippen LogP contribution in [0.25, 0.3) is 0 Å². The first-order chi connectivity index (χ1) is 13.2. The van der Waals surface area contributed by atoms with Crippen LogP contribution in [0.15, 0.2) is 48.5 Å². The van der Waals surface area contributed by atoms with Crippen molar-refractivity contribution in [1.82, 2.24) is 4.90 Å². The lowest BCUT2D eigenvalue weighted by atomic mass is 10.2. The highest BCUT2D eigenvalue weighted by Gasteiger charge is 2.19. The summed E-state index contributed by atoms with van der Waals surface area (Å²) < 4.78 is 24.0. The van der Waals surface area contributed by atoms with Gasteiger partial charge in [0.15, 0.2) is 0 Å². The molecule has 0 amide bonds. The average molecular weight is 374 g/mol. The molecule has 0 aromatic heterocycles. The molecule has 5 nitrogen and oxygen atoms in total. The molecule has 0 bridgehead atoms. The summed E-state index contributed by atoms with van der Waals surface area (Å²) in [6.45, 7) is 4.74. The van der Waals surface area contributed by atoms with E-state index in [2.05, 4.69) is 9.80 Å². The summed E-state index contributed by atoms with van der Waals surface area (Å²) in [6.07, 6.45) is -0.530. The number of methoxy groups -OCH3 is 1. The van der Waals surface area contributed by atoms with Gasteiger partial charge in [-0.3, -0.25) is 4.90 Å². The quantitative estimate of drug-likeness (QED) is 0.769. The van der Waals surface area contributed by atoms with Gasteiger partial charge in [-0.1, -0.05) is 18.2 Å². The molecule has 1 heterocycles. The average Bonchev–Trinajstić information content (AvgIpc) is 2.69. The maximum atomic E-state index is 13.0. The molecular formula is C21H27FN2O3. The molecule has 0 unspecified atom stereocenters. The van der Waals surface area contributed by atoms with Crippen molar-refractivity contribution in [1.29, 1.82) is 0 Å². The molecule has 1 fully saturated rings. The monoisotopic (exact) mass is 374 g/mol. The van der Waals surface area contributed by atoms with Crippen molar-refractivity contribution in [2.75, 3.05) is 51.3 Å². The Labute approximate surface area is 159 Å². The third-order valence-electron chi connectivity index (χ3n) is 4.79. The summed E-state index contributed by atoms with van der Waals surface area (Å²) in [5.74, 6) is 0.581. The standard InChI is InChI=1S/C21H27FN2O3/c1-26-21-5-3-2-4-17(21)15-27-16-20(25)14-23-10-12-24(13-11-23)19-8-6-18(22)7-9-19/h2-9,20,25H,10-16H2,1H3/t20-/m0/s1. The van der Waals surface area contributed by atoms with E-state index in [1.54, 1.807) is 7.11 Å². The van der Waals surface area contributed by atoms with E-state index in [0.717, 1.165) is 43.2 Å². The number of anilines is 1. The highest BCUT2D eigenvalue weighted by atomic mass is 19.1. The molecule has 1 saturated heterocycles. The Morgan fingerprint density at radius 1 is 1.04 bits per heavy atom. The van der Waals surface area contributed by atoms with E-state index in [0.29, 0.717) is 13.2 Å². The predicted molar refractivity (Wildman–Crippen MR) is 104 cm³/mol. The smallest absolute Gasteiger partial charge is 0.124 e. The minimum absolute atomic E-state index is 0.214. The highest BCUT2D eigenvalue weighted by Crippen LogP contribution is 2.19. The van der Waals surface area contributed by atoms with E-state index in [1.807, 2.05) is 36.4 Å². The van der Waals surface area contributed by atoms with Gasteiger partial charge in [-0.25, -0.2) is 4.39 Å². The number of hydrogen-bond donors (Lipinski definition) is 1. The van der Waals surface area contributed by atoms with Crippen molar-refractivity contribution in [3.63, 3.8) is 0 Å². The summed E-state index contributed by atoms with van der Waals surface area (Å²) in [5.41, 5.74) is 2.01. The van der Waals surface area contributed by atoms with Crippen molar-refractivity contribution in [3.8, 4) is 5.75 Å². The van der Waals surface area contributed by atoms with Crippen LogP contribution >= 0.6 is 0 Å². The van der Waals surface area contributed by atoms with Gasteiger partial charge in [-0.05, 0) is 30.3 Å². The maximum absolute atomic E-state index is 13.0. The second-order valence-electron chi connectivity index (χ2n) is 6.74. The maximum Gasteiger partial charge on any atom is 0.124 e. The Morgan fingerprint density at radius 2 is 1.74 bits per heavy atom. The second kappa shape index (κ2) is 9.69. The first-order valence-corrected chi connectivity index (χ1v) is 9.26. The van der Waals surface area contributed by atoms with Crippen molar-refractivity contribution in [3.05, 3.63) is 59.9 Å². The lowest BCUT2D eigenvalue weighted by molar-refractivity contribution is 0.00866. The van der Waals surface area contributed by atoms with Gasteiger partial charge in [0.05, 0.1) is 26.4 Å². The van der Waals surface area contributed by atoms with Crippen LogP contribution in [0.4, 0.5) is 10.1 Å². The summed E-state index contributed by atoms with van der Waals surface area (Å²) in [4.78, 5) is 4.47. The normalized spacial score (nSPS) is 16.3. The van der Waals surface area contributed by atoms with Gasteiger partial charge < -0.3 is 19.5 Å². The minimum atomic E-state index is -0.530. The molecule has 0 spiro atoms. The van der Waals surface area contributed by atoms with E-state index < -0.39 is 6.10 Å². The molecule has 2 aromatic rings. The van der Waals surface area contributed by atoms with Crippen LogP contribution in [0.5, 0.6) is 5.75 Å². The number of para-hydroxylation sites is 1. The van der Waals surface area contributed by atoms with Gasteiger partial charge in [-0.2, -0.15) is 0 Å². The molecule has 27 heavy (non-hydrogen) atoms. The number of piperazine rings is 1. The van der Waals surface area contributed by atoms with Crippen molar-refractivity contribution in [2.45, 2.75) is 12.7 Å². The van der Waals surface area contributed by atoms with E-state index in [1.165, 1.54) is 12.1 Å². The molecule has 3 rings (SSSR count). The van der Waals surface area contributed by atoms with Gasteiger partial charge in [0.1, 0.15) is 11.6 Å². The number of rotatable bonds is 8. The summed E-state index contributed by atoms with van der Waals surface area (Å²) >= 11 is 0. The lowest BCUT2D eigenvalue weighted by Crippen LogP contribution is -2.49. The van der Waals surface area contributed by atoms with Crippen LogP contribution in [-0.2, 0) is 11.3 Å². The van der Waals surface area contributed by atoms with Gasteiger partial charge in [0.2, 0.25) is 0 Å². The number of β-amino-alcohol motifs (C(OH)–C–C–N with tert-alkyl or cyclic N) is 1. The Hall–Kier alpha value is -2.15. The zero-order chi connectivity index (χ0) is 19.1. The number of nitrogens with zero attached hydrogens (tertiary/aromatic N) is 2. The fourth-order valence-corrected chi connectivity index (χ4v) is 3.32. The number of halogens is 1. The number of ether oxygens (including phenoxy) is 2. The fraction of sp³-hybridized carbons (Fsp3) is 0.429. The Kier molecular flexibility index (Phi) is 7.04. The predicted octanol–water partition coefficient (Wildman–Crippen LogP) is 2.53. The highest BCUT2D eigenvalue weighted by molar-refractivity contribution is 5.46. The van der Waals surface area contributed by atoms with E-state index >= 15 is 0 Å². The van der Waals surface area contributed by atoms with E-state index in [4.69, 9.17) is 9.47 Å². The van der Waals surface area contributed by atoms with Crippen molar-refractivity contribution < 1.29 is 19.0 Å². The molecule has 1 atom stereocenters. The molecule has 6 heteroatoms. The summed E-state index contributed by atoms with van der Waals surface area (Å²) in [7, 11) is 1.64. The zero-order valence-electron chi connectivity index (χ0n) is 15.7. The molecule has 2 aromatic carbocycles. The molecule has 1 N–H and O–H groups in total. The van der Waals surface area contributed by atoms with Crippen molar-refractivity contribution in [2.24, 2.45) is 0 Å². The second-order valence-corrected chi connectivity index (χ2v) is 6.74. The lowest BCUT2D eigenvalue weighted by Gasteiger charge is -2.36. The molecule has 0 aliphatic carbocycles. The molecule has 1 aliphatic heterocycles. The van der Waals surface area contributed by atoms with E-state index in [9.17, 15) is 9.50 Å². The van der Waals surface area contributed by atoms with E-state index in [-0.39, 0.29) is 12.4 Å². The molecule has 0 saturated carbocycles. The molecular weight excluding hydrogens is 347 g/mol. The zero-order valence-corrected chi connectivity index (χ0v) is 15.7. The SMILES string of the molecule is COc1ccccc1COC[C@@H](O)CN1CCN(c2ccc(F)cc2)CC1. The first-order valence-electron chi connectivity index (χ1n) is 9.26. The molecule has 1 aliphatic rings. The van der Waals surface area contributed by atoms with Crippen LogP contribution < -0.4 is 9.64 Å². The molecule has 146 valence electrons. The van der Waals surface area contributed by atoms with Gasteiger partial charge in [0.25, 0.3) is 0 Å². The number of hydrogen-bond acceptors (Lipinski definition) is 5. The third-order valence-corrected chi connectivity index (χ3v) is 4.79. The minimum Gasteiger partial charge on any atom is -0.496 e. The first kappa shape index (κ1) is 19.6. The number of aliphatic hydroxyl groups is 1. The summed E-state index contributed by atoms with van der Waals surface area (Å²) in [6, 6.07) is 14.3. The Bertz CT molecular complexity index is 703. The number of aliphatic hydroxyl groups excluding tert-OH is 1. The van der Waals surface area contributed by atoms with Crippen LogP contribution in [-0.4, -0.2) is 62.6 Å². The van der Waals surface area contributed by atoms with Gasteiger partial charge in [-0.15, -0.1) is 0 Å². The van der Waals surface area contributed by atoms with Crippen LogP contribution in [0.2, 0.25) is 0 Å². The largest absolute Gasteiger partial charge is 0.496 e. The third kappa shape index (κ3) is 5.66. The fourth-order valence-electron chi connectivity index (χ4n) is 3.32. The topological polar surface area (TPSA) is 45.2 Å².